The van der Waals surface area contributed by atoms with Crippen molar-refractivity contribution in [2.24, 2.45) is 0 Å². The molecule has 0 aliphatic heterocycles. The summed E-state index contributed by atoms with van der Waals surface area (Å²) >= 11 is 5.97. The van der Waals surface area contributed by atoms with Gasteiger partial charge in [-0.15, -0.1) is 0 Å². The van der Waals surface area contributed by atoms with Gasteiger partial charge in [-0.2, -0.15) is 0 Å². The molecule has 0 fully saturated rings. The smallest absolute Gasteiger partial charge is 0.162 e. The number of hydrogen-bond donors (Lipinski definition) is 0. The Kier molecular flexibility index (Phi) is 7.81. The number of carbonyl (C=O) groups is 1. The Labute approximate surface area is 122 Å². The van der Waals surface area contributed by atoms with E-state index >= 15 is 0 Å². The van der Waals surface area contributed by atoms with Crippen LogP contribution in [0.25, 0.3) is 0 Å². The van der Waals surface area contributed by atoms with Gasteiger partial charge in [0.1, 0.15) is 0 Å². The number of ketones is 1. The van der Waals surface area contributed by atoms with Crippen molar-refractivity contribution in [2.75, 3.05) is 0 Å². The Morgan fingerprint density at radius 2 is 1.63 bits per heavy atom. The van der Waals surface area contributed by atoms with E-state index in [0.29, 0.717) is 11.4 Å². The summed E-state index contributed by atoms with van der Waals surface area (Å²) in [5, 5.41) is 0.655. The lowest BCUT2D eigenvalue weighted by molar-refractivity contribution is 0.0979. The molecule has 0 spiro atoms. The van der Waals surface area contributed by atoms with Crippen LogP contribution in [0, 0.1) is 6.92 Å². The summed E-state index contributed by atoms with van der Waals surface area (Å²) < 4.78 is 0. The van der Waals surface area contributed by atoms with Crippen LogP contribution in [-0.4, -0.2) is 5.78 Å². The van der Waals surface area contributed by atoms with Crippen molar-refractivity contribution in [3.8, 4) is 0 Å². The highest BCUT2D eigenvalue weighted by Gasteiger charge is 2.07. The second-order valence-electron chi connectivity index (χ2n) is 5.31. The first-order valence-corrected chi connectivity index (χ1v) is 7.81. The summed E-state index contributed by atoms with van der Waals surface area (Å²) in [5.41, 5.74) is 1.81. The fourth-order valence-corrected chi connectivity index (χ4v) is 2.57. The molecular weight excluding hydrogens is 256 g/mol. The quantitative estimate of drug-likeness (QED) is 0.402. The number of aryl methyl sites for hydroxylation is 1. The Morgan fingerprint density at radius 1 is 1.00 bits per heavy atom. The fourth-order valence-electron chi connectivity index (χ4n) is 2.28. The third kappa shape index (κ3) is 6.77. The zero-order chi connectivity index (χ0) is 14.1. The zero-order valence-corrected chi connectivity index (χ0v) is 12.9. The van der Waals surface area contributed by atoms with E-state index in [0.717, 1.165) is 24.0 Å². The van der Waals surface area contributed by atoms with Crippen molar-refractivity contribution in [3.63, 3.8) is 0 Å². The molecule has 0 unspecified atom stereocenters. The minimum absolute atomic E-state index is 0.221. The normalized spacial score (nSPS) is 10.7. The molecule has 1 nitrogen and oxygen atoms in total. The maximum Gasteiger partial charge on any atom is 0.162 e. The summed E-state index contributed by atoms with van der Waals surface area (Å²) in [4.78, 5) is 12.0. The van der Waals surface area contributed by atoms with Gasteiger partial charge in [-0.25, -0.2) is 0 Å². The molecule has 0 aliphatic rings. The van der Waals surface area contributed by atoms with Crippen LogP contribution in [0.2, 0.25) is 5.02 Å². The topological polar surface area (TPSA) is 17.1 Å². The van der Waals surface area contributed by atoms with E-state index in [1.165, 1.54) is 32.1 Å². The molecule has 0 aliphatic carbocycles. The number of rotatable bonds is 9. The van der Waals surface area contributed by atoms with E-state index in [2.05, 4.69) is 6.92 Å². The number of hydrogen-bond acceptors (Lipinski definition) is 1. The minimum atomic E-state index is 0.221. The van der Waals surface area contributed by atoms with E-state index in [4.69, 9.17) is 11.6 Å². The molecule has 1 aromatic carbocycles. The average molecular weight is 281 g/mol. The molecule has 2 heteroatoms. The number of unbranched alkanes of at least 4 members (excludes halogenated alkanes) is 6. The summed E-state index contributed by atoms with van der Waals surface area (Å²) in [5.74, 6) is 0.221. The largest absolute Gasteiger partial charge is 0.294 e. The van der Waals surface area contributed by atoms with Gasteiger partial charge < -0.3 is 0 Å². The van der Waals surface area contributed by atoms with Gasteiger partial charge >= 0.3 is 0 Å². The highest BCUT2D eigenvalue weighted by Crippen LogP contribution is 2.17. The Balaban J connectivity index is 2.24. The molecule has 0 N–H and O–H groups in total. The lowest BCUT2D eigenvalue weighted by Crippen LogP contribution is -1.99. The van der Waals surface area contributed by atoms with Crippen molar-refractivity contribution >= 4 is 17.4 Å². The van der Waals surface area contributed by atoms with Gasteiger partial charge in [0.2, 0.25) is 0 Å². The van der Waals surface area contributed by atoms with Crippen molar-refractivity contribution in [2.45, 2.75) is 65.2 Å². The second kappa shape index (κ2) is 9.14. The fraction of sp³-hybridized carbons (Fsp3) is 0.588. The van der Waals surface area contributed by atoms with Crippen LogP contribution in [0.15, 0.2) is 18.2 Å². The highest BCUT2D eigenvalue weighted by atomic mass is 35.5. The minimum Gasteiger partial charge on any atom is -0.294 e. The molecule has 0 bridgehead atoms. The lowest BCUT2D eigenvalue weighted by Gasteiger charge is -2.04. The van der Waals surface area contributed by atoms with Gasteiger partial charge in [-0.1, -0.05) is 57.0 Å². The van der Waals surface area contributed by atoms with Crippen molar-refractivity contribution in [1.82, 2.24) is 0 Å². The van der Waals surface area contributed by atoms with Gasteiger partial charge in [0.25, 0.3) is 0 Å². The van der Waals surface area contributed by atoms with Crippen LogP contribution in [0.4, 0.5) is 0 Å². The van der Waals surface area contributed by atoms with Gasteiger partial charge in [-0.05, 0) is 37.1 Å². The van der Waals surface area contributed by atoms with Crippen LogP contribution in [0.5, 0.6) is 0 Å². The van der Waals surface area contributed by atoms with E-state index in [-0.39, 0.29) is 5.78 Å². The molecule has 0 atom stereocenters. The van der Waals surface area contributed by atoms with E-state index in [9.17, 15) is 4.79 Å². The molecule has 19 heavy (non-hydrogen) atoms. The summed E-state index contributed by atoms with van der Waals surface area (Å²) in [7, 11) is 0. The predicted octanol–water partition coefficient (Wildman–Crippen LogP) is 5.97. The first-order valence-electron chi connectivity index (χ1n) is 7.44. The molecule has 106 valence electrons. The van der Waals surface area contributed by atoms with Crippen LogP contribution in [-0.2, 0) is 0 Å². The monoisotopic (exact) mass is 280 g/mol. The van der Waals surface area contributed by atoms with Crippen LogP contribution in [0.1, 0.15) is 74.2 Å². The molecular formula is C17H25ClO. The molecule has 1 rings (SSSR count). The summed E-state index contributed by atoms with van der Waals surface area (Å²) in [6.07, 6.45) is 9.31. The molecule has 0 amide bonds. The molecule has 0 saturated carbocycles. The van der Waals surface area contributed by atoms with E-state index in [1.807, 2.05) is 19.1 Å². The molecule has 0 heterocycles. The van der Waals surface area contributed by atoms with Gasteiger partial charge in [0.15, 0.2) is 5.78 Å². The summed E-state index contributed by atoms with van der Waals surface area (Å²) in [6.45, 7) is 4.20. The first-order chi connectivity index (χ1) is 9.13. The highest BCUT2D eigenvalue weighted by molar-refractivity contribution is 6.31. The average Bonchev–Trinajstić information content (AvgIpc) is 2.36. The maximum atomic E-state index is 12.0. The number of Topliss-reactive ketones (excluding diaryl/α,β-unsaturated/α-hetero) is 1. The molecule has 0 radical (unpaired) electrons. The van der Waals surface area contributed by atoms with Crippen LogP contribution in [0.3, 0.4) is 0 Å². The SMILES string of the molecule is CCCCCCCCCC(=O)c1cc(C)cc(Cl)c1. The third-order valence-corrected chi connectivity index (χ3v) is 3.59. The first kappa shape index (κ1) is 16.2. The number of halogens is 1. The number of carbonyl (C=O) groups excluding carboxylic acids is 1. The van der Waals surface area contributed by atoms with Crippen LogP contribution < -0.4 is 0 Å². The predicted molar refractivity (Wildman–Crippen MR) is 83.1 cm³/mol. The molecule has 0 saturated heterocycles. The number of benzene rings is 1. The van der Waals surface area contributed by atoms with Gasteiger partial charge in [-0.3, -0.25) is 4.79 Å². The third-order valence-electron chi connectivity index (χ3n) is 3.37. The Morgan fingerprint density at radius 3 is 2.26 bits per heavy atom. The Hall–Kier alpha value is -0.820. The van der Waals surface area contributed by atoms with Crippen molar-refractivity contribution in [3.05, 3.63) is 34.3 Å². The van der Waals surface area contributed by atoms with Crippen LogP contribution >= 0.6 is 11.6 Å². The summed E-state index contributed by atoms with van der Waals surface area (Å²) in [6, 6.07) is 5.58. The van der Waals surface area contributed by atoms with Crippen molar-refractivity contribution < 1.29 is 4.79 Å². The van der Waals surface area contributed by atoms with E-state index < -0.39 is 0 Å². The van der Waals surface area contributed by atoms with Gasteiger partial charge in [0.05, 0.1) is 0 Å². The maximum absolute atomic E-state index is 12.0. The molecule has 0 aromatic heterocycles. The standard InChI is InChI=1S/C17H25ClO/c1-3-4-5-6-7-8-9-10-17(19)15-11-14(2)12-16(18)13-15/h11-13H,3-10H2,1-2H3. The second-order valence-corrected chi connectivity index (χ2v) is 5.75. The van der Waals surface area contributed by atoms with Crippen molar-refractivity contribution in [1.29, 1.82) is 0 Å². The lowest BCUT2D eigenvalue weighted by atomic mass is 10.0. The zero-order valence-electron chi connectivity index (χ0n) is 12.2. The molecule has 1 aromatic rings. The Bertz CT molecular complexity index is 378. The van der Waals surface area contributed by atoms with E-state index in [1.54, 1.807) is 6.07 Å². The van der Waals surface area contributed by atoms with Gasteiger partial charge in [0, 0.05) is 17.0 Å².